The van der Waals surface area contributed by atoms with Gasteiger partial charge in [-0.25, -0.2) is 17.9 Å². The predicted molar refractivity (Wildman–Crippen MR) is 65.5 cm³/mol. The molecule has 0 spiro atoms. The van der Waals surface area contributed by atoms with Crippen LogP contribution in [-0.2, 0) is 10.0 Å². The molecule has 3 N–H and O–H groups in total. The Morgan fingerprint density at radius 2 is 1.90 bits per heavy atom. The van der Waals surface area contributed by atoms with Crippen LogP contribution in [0.5, 0.6) is 0 Å². The van der Waals surface area contributed by atoms with Gasteiger partial charge in [0.05, 0.1) is 11.3 Å². The van der Waals surface area contributed by atoms with E-state index in [1.165, 1.54) is 0 Å². The second-order valence-corrected chi connectivity index (χ2v) is 5.78. The molecule has 1 amide bonds. The van der Waals surface area contributed by atoms with Crippen LogP contribution >= 0.6 is 0 Å². The number of hydrogen-bond donors (Lipinski definition) is 2. The summed E-state index contributed by atoms with van der Waals surface area (Å²) in [6.07, 6.45) is -5.70. The number of benzene rings is 1. The maximum absolute atomic E-state index is 13.6. The van der Waals surface area contributed by atoms with Crippen molar-refractivity contribution in [2.75, 3.05) is 6.54 Å². The maximum atomic E-state index is 13.6. The summed E-state index contributed by atoms with van der Waals surface area (Å²) < 4.78 is 71.9. The zero-order chi connectivity index (χ0) is 16.4. The van der Waals surface area contributed by atoms with Gasteiger partial charge in [0.1, 0.15) is 5.82 Å². The number of amides is 1. The number of rotatable bonds is 4. The van der Waals surface area contributed by atoms with Crippen molar-refractivity contribution < 1.29 is 30.8 Å². The molecule has 0 aromatic heterocycles. The number of nitrogens with one attached hydrogen (secondary N) is 1. The van der Waals surface area contributed by atoms with E-state index in [0.717, 1.165) is 19.1 Å². The highest BCUT2D eigenvalue weighted by atomic mass is 32.2. The summed E-state index contributed by atoms with van der Waals surface area (Å²) in [5.74, 6) is -2.02. The van der Waals surface area contributed by atoms with E-state index in [1.54, 1.807) is 0 Å². The number of nitrogens with two attached hydrogens (primary N) is 1. The Bertz CT molecular complexity index is 656. The normalized spacial score (nSPS) is 12.3. The molecule has 1 rings (SSSR count). The van der Waals surface area contributed by atoms with Crippen LogP contribution in [0.3, 0.4) is 0 Å². The summed E-state index contributed by atoms with van der Waals surface area (Å²) in [6, 6.07) is 1.55. The van der Waals surface area contributed by atoms with E-state index >= 15 is 0 Å². The fourth-order valence-corrected chi connectivity index (χ4v) is 2.32. The van der Waals surface area contributed by atoms with Crippen LogP contribution in [0.15, 0.2) is 17.0 Å². The van der Waals surface area contributed by atoms with Crippen LogP contribution in [-0.4, -0.2) is 27.0 Å². The van der Waals surface area contributed by atoms with E-state index in [4.69, 9.17) is 5.14 Å². The van der Waals surface area contributed by atoms with Gasteiger partial charge in [0.2, 0.25) is 10.0 Å². The Morgan fingerprint density at radius 3 is 2.38 bits per heavy atom. The van der Waals surface area contributed by atoms with Gasteiger partial charge in [0, 0.05) is 17.7 Å². The van der Waals surface area contributed by atoms with Crippen molar-refractivity contribution in [3.05, 3.63) is 29.1 Å². The van der Waals surface area contributed by atoms with Crippen LogP contribution in [0.1, 0.15) is 22.3 Å². The number of halogens is 4. The molecule has 0 aliphatic heterocycles. The van der Waals surface area contributed by atoms with Crippen molar-refractivity contribution in [3.63, 3.8) is 0 Å². The molecule has 0 bridgehead atoms. The van der Waals surface area contributed by atoms with Crippen molar-refractivity contribution in [2.24, 2.45) is 5.14 Å². The molecule has 118 valence electrons. The average Bonchev–Trinajstić information content (AvgIpc) is 2.29. The number of hydrogen-bond acceptors (Lipinski definition) is 3. The van der Waals surface area contributed by atoms with Crippen molar-refractivity contribution >= 4 is 15.9 Å². The summed E-state index contributed by atoms with van der Waals surface area (Å²) in [6.45, 7) is 0.447. The van der Waals surface area contributed by atoms with Gasteiger partial charge in [0.15, 0.2) is 0 Å². The molecule has 0 aliphatic carbocycles. The lowest BCUT2D eigenvalue weighted by atomic mass is 10.1. The van der Waals surface area contributed by atoms with Gasteiger partial charge < -0.3 is 5.32 Å². The smallest absolute Gasteiger partial charge is 0.352 e. The molecule has 5 nitrogen and oxygen atoms in total. The summed E-state index contributed by atoms with van der Waals surface area (Å²) in [5.41, 5.74) is -0.700. The Hall–Kier alpha value is -1.68. The minimum absolute atomic E-state index is 0.274. The molecule has 1 aromatic carbocycles. The second-order valence-electron chi connectivity index (χ2n) is 4.25. The van der Waals surface area contributed by atoms with Gasteiger partial charge in [-0.05, 0) is 19.1 Å². The van der Waals surface area contributed by atoms with E-state index < -0.39 is 51.3 Å². The Kier molecular flexibility index (Phi) is 4.95. The highest BCUT2D eigenvalue weighted by Crippen LogP contribution is 2.20. The molecule has 0 saturated carbocycles. The molecule has 0 heterocycles. The summed E-state index contributed by atoms with van der Waals surface area (Å²) >= 11 is 0. The van der Waals surface area contributed by atoms with Crippen molar-refractivity contribution in [2.45, 2.75) is 24.4 Å². The Balaban J connectivity index is 2.99. The number of carbonyl (C=O) groups is 1. The van der Waals surface area contributed by atoms with E-state index in [2.05, 4.69) is 0 Å². The first-order valence-electron chi connectivity index (χ1n) is 5.60. The molecule has 0 radical (unpaired) electrons. The fourth-order valence-electron chi connectivity index (χ4n) is 1.50. The summed E-state index contributed by atoms with van der Waals surface area (Å²) in [5, 5.41) is 6.80. The van der Waals surface area contributed by atoms with Crippen molar-refractivity contribution in [1.82, 2.24) is 5.32 Å². The molecule has 0 aliphatic rings. The zero-order valence-electron chi connectivity index (χ0n) is 10.8. The third-order valence-electron chi connectivity index (χ3n) is 2.56. The molecule has 10 heteroatoms. The van der Waals surface area contributed by atoms with E-state index in [9.17, 15) is 30.8 Å². The highest BCUT2D eigenvalue weighted by molar-refractivity contribution is 7.89. The highest BCUT2D eigenvalue weighted by Gasteiger charge is 2.27. The first-order chi connectivity index (χ1) is 9.42. The standard InChI is InChI=1S/C11H12F4N2O3S/c1-6-8(12)4-7(5-9(6)21(16,19)20)10(18)17-3-2-11(13,14)15/h4-5H,2-3H2,1H3,(H,17,18)(H2,16,19,20). The molecule has 0 unspecified atom stereocenters. The topological polar surface area (TPSA) is 89.3 Å². The lowest BCUT2D eigenvalue weighted by Gasteiger charge is -2.10. The lowest BCUT2D eigenvalue weighted by Crippen LogP contribution is -2.28. The molecular formula is C11H12F4N2O3S. The number of alkyl halides is 3. The third-order valence-corrected chi connectivity index (χ3v) is 3.60. The largest absolute Gasteiger partial charge is 0.390 e. The zero-order valence-corrected chi connectivity index (χ0v) is 11.6. The summed E-state index contributed by atoms with van der Waals surface area (Å²) in [7, 11) is -4.26. The molecule has 0 saturated heterocycles. The Morgan fingerprint density at radius 1 is 1.33 bits per heavy atom. The van der Waals surface area contributed by atoms with Crippen LogP contribution in [0.4, 0.5) is 17.6 Å². The summed E-state index contributed by atoms with van der Waals surface area (Å²) in [4.78, 5) is 11.0. The van der Waals surface area contributed by atoms with Gasteiger partial charge in [-0.2, -0.15) is 13.2 Å². The van der Waals surface area contributed by atoms with E-state index in [-0.39, 0.29) is 5.56 Å². The van der Waals surface area contributed by atoms with Crippen molar-refractivity contribution in [1.29, 1.82) is 0 Å². The quantitative estimate of drug-likeness (QED) is 0.820. The van der Waals surface area contributed by atoms with Gasteiger partial charge in [0.25, 0.3) is 5.91 Å². The van der Waals surface area contributed by atoms with Crippen LogP contribution in [0.25, 0.3) is 0 Å². The van der Waals surface area contributed by atoms with E-state index in [0.29, 0.717) is 0 Å². The number of sulfonamides is 1. The van der Waals surface area contributed by atoms with Crippen LogP contribution < -0.4 is 10.5 Å². The maximum Gasteiger partial charge on any atom is 0.390 e. The molecular weight excluding hydrogens is 316 g/mol. The minimum atomic E-state index is -4.45. The van der Waals surface area contributed by atoms with Gasteiger partial charge in [-0.15, -0.1) is 0 Å². The van der Waals surface area contributed by atoms with Gasteiger partial charge >= 0.3 is 6.18 Å². The van der Waals surface area contributed by atoms with Gasteiger partial charge in [-0.1, -0.05) is 0 Å². The predicted octanol–water partition coefficient (Wildman–Crippen LogP) is 1.46. The first kappa shape index (κ1) is 17.4. The second kappa shape index (κ2) is 5.98. The van der Waals surface area contributed by atoms with Gasteiger partial charge in [-0.3, -0.25) is 4.79 Å². The molecule has 0 fully saturated rings. The first-order valence-corrected chi connectivity index (χ1v) is 7.14. The Labute approximate surface area is 118 Å². The SMILES string of the molecule is Cc1c(F)cc(C(=O)NCCC(F)(F)F)cc1S(N)(=O)=O. The molecule has 21 heavy (non-hydrogen) atoms. The van der Waals surface area contributed by atoms with Crippen LogP contribution in [0.2, 0.25) is 0 Å². The molecule has 0 atom stereocenters. The lowest BCUT2D eigenvalue weighted by molar-refractivity contribution is -0.132. The van der Waals surface area contributed by atoms with Crippen molar-refractivity contribution in [3.8, 4) is 0 Å². The monoisotopic (exact) mass is 328 g/mol. The van der Waals surface area contributed by atoms with Crippen LogP contribution in [0, 0.1) is 12.7 Å². The third kappa shape index (κ3) is 4.97. The minimum Gasteiger partial charge on any atom is -0.352 e. The number of carbonyl (C=O) groups excluding carboxylic acids is 1. The fraction of sp³-hybridized carbons (Fsp3) is 0.364. The average molecular weight is 328 g/mol. The van der Waals surface area contributed by atoms with E-state index in [1.807, 2.05) is 5.32 Å². The number of primary sulfonamides is 1. The molecule has 1 aromatic rings.